The number of rotatable bonds is 6. The molecule has 1 aromatic carbocycles. The highest BCUT2D eigenvalue weighted by molar-refractivity contribution is 5.83. The van der Waals surface area contributed by atoms with E-state index >= 15 is 0 Å². The van der Waals surface area contributed by atoms with Crippen molar-refractivity contribution in [3.8, 4) is 5.75 Å². The van der Waals surface area contributed by atoms with Gasteiger partial charge in [-0.1, -0.05) is 6.07 Å². The fraction of sp³-hybridized carbons (Fsp3) is 0.353. The Kier molecular flexibility index (Phi) is 5.51. The fourth-order valence-corrected chi connectivity index (χ4v) is 2.28. The number of nitrogens with zero attached hydrogens (tertiary/aromatic N) is 3. The number of hydrogen-bond donors (Lipinski definition) is 1. The van der Waals surface area contributed by atoms with Crippen LogP contribution in [0.4, 0.5) is 0 Å². The van der Waals surface area contributed by atoms with Crippen LogP contribution >= 0.6 is 0 Å². The Morgan fingerprint density at radius 1 is 1.30 bits per heavy atom. The molecule has 0 radical (unpaired) electrons. The fourth-order valence-electron chi connectivity index (χ4n) is 2.28. The Bertz CT molecular complexity index is 699. The first kappa shape index (κ1) is 16.7. The average Bonchev–Trinajstić information content (AvgIpc) is 2.85. The van der Waals surface area contributed by atoms with Crippen LogP contribution in [-0.4, -0.2) is 28.5 Å². The average molecular weight is 314 g/mol. The predicted molar refractivity (Wildman–Crippen MR) is 89.8 cm³/mol. The van der Waals surface area contributed by atoms with Gasteiger partial charge in [0.05, 0.1) is 12.4 Å². The molecule has 2 rings (SSSR count). The third kappa shape index (κ3) is 4.67. The largest absolute Gasteiger partial charge is 0.484 e. The molecule has 0 spiro atoms. The monoisotopic (exact) mass is 314 g/mol. The molecule has 0 unspecified atom stereocenters. The number of aryl methyl sites for hydroxylation is 3. The van der Waals surface area contributed by atoms with Crippen molar-refractivity contribution in [1.29, 1.82) is 0 Å². The number of carbonyl (C=O) groups excluding carboxylic acids is 1. The van der Waals surface area contributed by atoms with Gasteiger partial charge in [0.15, 0.2) is 6.61 Å². The highest BCUT2D eigenvalue weighted by atomic mass is 16.5. The van der Waals surface area contributed by atoms with Crippen LogP contribution in [0.25, 0.3) is 0 Å². The molecule has 1 N–H and O–H groups in total. The molecule has 2 aromatic rings. The minimum atomic E-state index is -0.305. The summed E-state index contributed by atoms with van der Waals surface area (Å²) in [6.07, 6.45) is 3.31. The van der Waals surface area contributed by atoms with E-state index in [-0.39, 0.29) is 12.5 Å². The van der Waals surface area contributed by atoms with Crippen molar-refractivity contribution < 1.29 is 9.53 Å². The van der Waals surface area contributed by atoms with Crippen LogP contribution in [0.15, 0.2) is 29.5 Å². The van der Waals surface area contributed by atoms with Crippen molar-refractivity contribution in [3.05, 3.63) is 46.8 Å². The van der Waals surface area contributed by atoms with Gasteiger partial charge < -0.3 is 4.74 Å². The van der Waals surface area contributed by atoms with E-state index in [1.54, 1.807) is 12.4 Å². The van der Waals surface area contributed by atoms with Crippen molar-refractivity contribution in [2.45, 2.75) is 34.2 Å². The van der Waals surface area contributed by atoms with Gasteiger partial charge in [0.2, 0.25) is 0 Å². The van der Waals surface area contributed by atoms with Crippen LogP contribution in [-0.2, 0) is 11.3 Å². The number of ether oxygens (including phenoxy) is 1. The number of aromatic nitrogens is 2. The molecular weight excluding hydrogens is 292 g/mol. The molecular formula is C17H22N4O2. The lowest BCUT2D eigenvalue weighted by Crippen LogP contribution is -2.24. The second-order valence-electron chi connectivity index (χ2n) is 5.41. The maximum absolute atomic E-state index is 11.8. The van der Waals surface area contributed by atoms with Crippen LogP contribution in [0.5, 0.6) is 5.75 Å². The summed E-state index contributed by atoms with van der Waals surface area (Å²) in [7, 11) is 0. The number of nitrogens with one attached hydrogen (secondary N) is 1. The molecule has 0 aliphatic heterocycles. The van der Waals surface area contributed by atoms with E-state index in [4.69, 9.17) is 4.74 Å². The van der Waals surface area contributed by atoms with Gasteiger partial charge in [0.1, 0.15) is 5.75 Å². The third-order valence-electron chi connectivity index (χ3n) is 3.40. The summed E-state index contributed by atoms with van der Waals surface area (Å²) in [5.74, 6) is 0.377. The summed E-state index contributed by atoms with van der Waals surface area (Å²) in [5.41, 5.74) is 6.54. The van der Waals surface area contributed by atoms with Crippen LogP contribution in [0.3, 0.4) is 0 Å². The first-order valence-electron chi connectivity index (χ1n) is 7.55. The van der Waals surface area contributed by atoms with Crippen molar-refractivity contribution >= 4 is 12.1 Å². The lowest BCUT2D eigenvalue weighted by atomic mass is 10.1. The minimum absolute atomic E-state index is 0.0760. The number of carbonyl (C=O) groups is 1. The molecule has 1 heterocycles. The molecule has 122 valence electrons. The van der Waals surface area contributed by atoms with E-state index in [9.17, 15) is 4.79 Å². The minimum Gasteiger partial charge on any atom is -0.484 e. The predicted octanol–water partition coefficient (Wildman–Crippen LogP) is 2.36. The normalized spacial score (nSPS) is 11.0. The second-order valence-corrected chi connectivity index (χ2v) is 5.41. The molecule has 0 saturated heterocycles. The molecule has 1 amide bonds. The number of hydrogen-bond acceptors (Lipinski definition) is 4. The van der Waals surface area contributed by atoms with E-state index < -0.39 is 0 Å². The highest BCUT2D eigenvalue weighted by Gasteiger charge is 2.04. The van der Waals surface area contributed by atoms with Crippen molar-refractivity contribution in [2.75, 3.05) is 6.61 Å². The Morgan fingerprint density at radius 3 is 2.61 bits per heavy atom. The zero-order valence-corrected chi connectivity index (χ0v) is 14.0. The Hall–Kier alpha value is -2.63. The smallest absolute Gasteiger partial charge is 0.277 e. The Balaban J connectivity index is 1.85. The third-order valence-corrected chi connectivity index (χ3v) is 3.40. The van der Waals surface area contributed by atoms with Gasteiger partial charge in [0, 0.05) is 17.8 Å². The molecule has 0 fully saturated rings. The van der Waals surface area contributed by atoms with Crippen molar-refractivity contribution in [1.82, 2.24) is 15.2 Å². The Morgan fingerprint density at radius 2 is 2.00 bits per heavy atom. The molecule has 0 saturated carbocycles. The zero-order valence-electron chi connectivity index (χ0n) is 14.0. The topological polar surface area (TPSA) is 68.5 Å². The van der Waals surface area contributed by atoms with Gasteiger partial charge in [-0.15, -0.1) is 0 Å². The van der Waals surface area contributed by atoms with Gasteiger partial charge in [-0.2, -0.15) is 10.2 Å². The van der Waals surface area contributed by atoms with Crippen LogP contribution < -0.4 is 10.2 Å². The standard InChI is InChI=1S/C17H22N4O2/c1-5-21-14(4)15(10-19-21)9-18-20-17(22)11-23-16-7-12(2)6-13(3)8-16/h6-10H,5,11H2,1-4H3,(H,20,22). The SMILES string of the molecule is CCn1ncc(C=NNC(=O)COc2cc(C)cc(C)c2)c1C. The molecule has 0 aliphatic rings. The molecule has 6 nitrogen and oxygen atoms in total. The molecule has 0 atom stereocenters. The second kappa shape index (κ2) is 7.58. The van der Waals surface area contributed by atoms with E-state index in [2.05, 4.69) is 21.7 Å². The molecule has 0 bridgehead atoms. The molecule has 1 aromatic heterocycles. The quantitative estimate of drug-likeness (QED) is 0.657. The summed E-state index contributed by atoms with van der Waals surface area (Å²) in [6.45, 7) is 8.69. The van der Waals surface area contributed by atoms with E-state index in [0.29, 0.717) is 5.75 Å². The number of amides is 1. The molecule has 23 heavy (non-hydrogen) atoms. The van der Waals surface area contributed by atoms with Gasteiger partial charge in [-0.25, -0.2) is 5.43 Å². The molecule has 6 heteroatoms. The van der Waals surface area contributed by atoms with Crippen LogP contribution in [0, 0.1) is 20.8 Å². The lowest BCUT2D eigenvalue weighted by molar-refractivity contribution is -0.123. The maximum atomic E-state index is 11.8. The van der Waals surface area contributed by atoms with Crippen LogP contribution in [0.1, 0.15) is 29.3 Å². The maximum Gasteiger partial charge on any atom is 0.277 e. The van der Waals surface area contributed by atoms with Crippen molar-refractivity contribution in [2.24, 2.45) is 5.10 Å². The summed E-state index contributed by atoms with van der Waals surface area (Å²) in [5, 5.41) is 8.15. The van der Waals surface area contributed by atoms with Gasteiger partial charge in [0.25, 0.3) is 5.91 Å². The first-order valence-corrected chi connectivity index (χ1v) is 7.55. The zero-order chi connectivity index (χ0) is 16.8. The first-order chi connectivity index (χ1) is 11.0. The summed E-state index contributed by atoms with van der Waals surface area (Å²) >= 11 is 0. The van der Waals surface area contributed by atoms with Crippen molar-refractivity contribution in [3.63, 3.8) is 0 Å². The molecule has 0 aliphatic carbocycles. The lowest BCUT2D eigenvalue weighted by Gasteiger charge is -2.07. The number of benzene rings is 1. The van der Waals surface area contributed by atoms with Gasteiger partial charge in [-0.3, -0.25) is 9.48 Å². The van der Waals surface area contributed by atoms with E-state index in [0.717, 1.165) is 28.9 Å². The van der Waals surface area contributed by atoms with E-state index in [1.807, 2.05) is 44.5 Å². The highest BCUT2D eigenvalue weighted by Crippen LogP contribution is 2.15. The summed E-state index contributed by atoms with van der Waals surface area (Å²) < 4.78 is 7.34. The van der Waals surface area contributed by atoms with Gasteiger partial charge >= 0.3 is 0 Å². The summed E-state index contributed by atoms with van der Waals surface area (Å²) in [4.78, 5) is 11.8. The summed E-state index contributed by atoms with van der Waals surface area (Å²) in [6, 6.07) is 5.84. The van der Waals surface area contributed by atoms with Gasteiger partial charge in [-0.05, 0) is 51.0 Å². The van der Waals surface area contributed by atoms with E-state index in [1.165, 1.54) is 0 Å². The van der Waals surface area contributed by atoms with Crippen LogP contribution in [0.2, 0.25) is 0 Å². The number of hydrazone groups is 1. The Labute approximate surface area is 136 Å².